The first-order chi connectivity index (χ1) is 8.58. The lowest BCUT2D eigenvalue weighted by atomic mass is 10.1. The summed E-state index contributed by atoms with van der Waals surface area (Å²) in [5, 5.41) is 4.34. The highest BCUT2D eigenvalue weighted by molar-refractivity contribution is 5.85. The smallest absolute Gasteiger partial charge is 0.171 e. The summed E-state index contributed by atoms with van der Waals surface area (Å²) in [7, 11) is 1.43. The molecule has 0 saturated heterocycles. The van der Waals surface area contributed by atoms with Crippen LogP contribution < -0.4 is 10.5 Å². The zero-order valence-corrected chi connectivity index (χ0v) is 11.9. The van der Waals surface area contributed by atoms with Crippen molar-refractivity contribution in [2.75, 3.05) is 7.11 Å². The first-order valence-electron chi connectivity index (χ1n) is 5.67. The summed E-state index contributed by atoms with van der Waals surface area (Å²) in [6, 6.07) is 3.34. The van der Waals surface area contributed by atoms with Crippen LogP contribution in [0.2, 0.25) is 0 Å². The highest BCUT2D eigenvalue weighted by atomic mass is 35.5. The zero-order valence-electron chi connectivity index (χ0n) is 11.1. The van der Waals surface area contributed by atoms with E-state index in [2.05, 4.69) is 5.10 Å². The monoisotopic (exact) mass is 285 g/mol. The van der Waals surface area contributed by atoms with Crippen molar-refractivity contribution in [1.29, 1.82) is 0 Å². The minimum absolute atomic E-state index is 0. The molecule has 2 aromatic rings. The van der Waals surface area contributed by atoms with Gasteiger partial charge in [-0.05, 0) is 31.5 Å². The molecule has 2 N–H and O–H groups in total. The third kappa shape index (κ3) is 2.72. The molecule has 0 aliphatic heterocycles. The lowest BCUT2D eigenvalue weighted by Crippen LogP contribution is -2.09. The number of nitrogens with zero attached hydrogens (tertiary/aromatic N) is 2. The number of benzene rings is 1. The molecule has 19 heavy (non-hydrogen) atoms. The van der Waals surface area contributed by atoms with Crippen LogP contribution >= 0.6 is 12.4 Å². The number of methoxy groups -OCH3 is 1. The number of hydrogen-bond acceptors (Lipinski definition) is 3. The van der Waals surface area contributed by atoms with Gasteiger partial charge in [0.05, 0.1) is 18.5 Å². The normalized spacial score (nSPS) is 10.2. The molecular weight excluding hydrogens is 269 g/mol. The largest absolute Gasteiger partial charge is 0.494 e. The van der Waals surface area contributed by atoms with Gasteiger partial charge in [-0.25, -0.2) is 9.07 Å². The van der Waals surface area contributed by atoms with Crippen molar-refractivity contribution in [2.24, 2.45) is 5.73 Å². The van der Waals surface area contributed by atoms with Crippen LogP contribution in [0.1, 0.15) is 16.8 Å². The molecule has 0 spiro atoms. The Hall–Kier alpha value is -1.59. The summed E-state index contributed by atoms with van der Waals surface area (Å²) >= 11 is 0. The van der Waals surface area contributed by atoms with E-state index in [1.54, 1.807) is 16.8 Å². The van der Waals surface area contributed by atoms with Crippen LogP contribution in [0.3, 0.4) is 0 Å². The molecule has 0 aliphatic carbocycles. The van der Waals surface area contributed by atoms with E-state index < -0.39 is 5.82 Å². The van der Waals surface area contributed by atoms with Gasteiger partial charge in [0.1, 0.15) is 0 Å². The highest BCUT2D eigenvalue weighted by Gasteiger charge is 2.15. The van der Waals surface area contributed by atoms with Crippen LogP contribution in [-0.4, -0.2) is 16.9 Å². The van der Waals surface area contributed by atoms with Crippen LogP contribution in [0, 0.1) is 19.7 Å². The lowest BCUT2D eigenvalue weighted by molar-refractivity contribution is 0.384. The van der Waals surface area contributed by atoms with Crippen molar-refractivity contribution in [3.8, 4) is 11.4 Å². The molecule has 1 aromatic heterocycles. The molecule has 0 unspecified atom stereocenters. The molecular formula is C13H17ClFN3O. The van der Waals surface area contributed by atoms with Gasteiger partial charge in [0, 0.05) is 18.3 Å². The Kier molecular flexibility index (Phi) is 4.91. The Morgan fingerprint density at radius 1 is 1.37 bits per heavy atom. The van der Waals surface area contributed by atoms with E-state index in [1.165, 1.54) is 7.11 Å². The molecule has 0 aliphatic rings. The topological polar surface area (TPSA) is 53.1 Å². The summed E-state index contributed by atoms with van der Waals surface area (Å²) in [5.74, 6) is -0.233. The SMILES string of the molecule is COc1ccc(-n2cc(C)c(C)n2)c(CN)c1F.Cl. The fraction of sp³-hybridized carbons (Fsp3) is 0.308. The van der Waals surface area contributed by atoms with Crippen molar-refractivity contribution in [3.63, 3.8) is 0 Å². The number of nitrogens with two attached hydrogens (primary N) is 1. The number of hydrogen-bond donors (Lipinski definition) is 1. The third-order valence-corrected chi connectivity index (χ3v) is 3.00. The van der Waals surface area contributed by atoms with Crippen molar-refractivity contribution in [1.82, 2.24) is 9.78 Å². The van der Waals surface area contributed by atoms with Gasteiger partial charge < -0.3 is 10.5 Å². The standard InChI is InChI=1S/C13H16FN3O.ClH/c1-8-7-17(16-9(8)2)11-4-5-12(18-3)13(14)10(11)6-15;/h4-5,7H,6,15H2,1-3H3;1H. The van der Waals surface area contributed by atoms with Crippen LogP contribution in [-0.2, 0) is 6.54 Å². The van der Waals surface area contributed by atoms with Crippen LogP contribution in [0.4, 0.5) is 4.39 Å². The lowest BCUT2D eigenvalue weighted by Gasteiger charge is -2.11. The quantitative estimate of drug-likeness (QED) is 0.943. The summed E-state index contributed by atoms with van der Waals surface area (Å²) in [6.45, 7) is 3.96. The average molecular weight is 286 g/mol. The highest BCUT2D eigenvalue weighted by Crippen LogP contribution is 2.26. The zero-order chi connectivity index (χ0) is 13.3. The number of aromatic nitrogens is 2. The van der Waals surface area contributed by atoms with Gasteiger partial charge in [0.15, 0.2) is 11.6 Å². The van der Waals surface area contributed by atoms with Crippen molar-refractivity contribution in [3.05, 3.63) is 41.0 Å². The van der Waals surface area contributed by atoms with Crippen LogP contribution in [0.25, 0.3) is 5.69 Å². The fourth-order valence-corrected chi connectivity index (χ4v) is 1.83. The van der Waals surface area contributed by atoms with Gasteiger partial charge in [-0.3, -0.25) is 0 Å². The summed E-state index contributed by atoms with van der Waals surface area (Å²) in [6.07, 6.45) is 1.86. The second kappa shape index (κ2) is 6.04. The Morgan fingerprint density at radius 2 is 2.05 bits per heavy atom. The predicted octanol–water partition coefficient (Wildman–Crippen LogP) is 2.52. The maximum absolute atomic E-state index is 14.1. The van der Waals surface area contributed by atoms with E-state index in [-0.39, 0.29) is 24.7 Å². The first-order valence-corrected chi connectivity index (χ1v) is 5.67. The average Bonchev–Trinajstić information content (AvgIpc) is 2.69. The van der Waals surface area contributed by atoms with E-state index in [4.69, 9.17) is 10.5 Å². The van der Waals surface area contributed by atoms with E-state index in [0.29, 0.717) is 11.3 Å². The molecule has 0 bridgehead atoms. The maximum atomic E-state index is 14.1. The molecule has 1 heterocycles. The van der Waals surface area contributed by atoms with Gasteiger partial charge in [0.25, 0.3) is 0 Å². The molecule has 2 rings (SSSR count). The second-order valence-corrected chi connectivity index (χ2v) is 4.13. The van der Waals surface area contributed by atoms with Gasteiger partial charge in [0.2, 0.25) is 0 Å². The Bertz CT molecular complexity index is 564. The van der Waals surface area contributed by atoms with Crippen molar-refractivity contribution < 1.29 is 9.13 Å². The summed E-state index contributed by atoms with van der Waals surface area (Å²) in [4.78, 5) is 0. The molecule has 104 valence electrons. The third-order valence-electron chi connectivity index (χ3n) is 3.00. The molecule has 0 atom stereocenters. The van der Waals surface area contributed by atoms with Gasteiger partial charge in [-0.1, -0.05) is 0 Å². The van der Waals surface area contributed by atoms with Crippen molar-refractivity contribution in [2.45, 2.75) is 20.4 Å². The van der Waals surface area contributed by atoms with E-state index in [1.807, 2.05) is 20.0 Å². The Labute approximate surface area is 117 Å². The number of rotatable bonds is 3. The molecule has 1 aromatic carbocycles. The van der Waals surface area contributed by atoms with Crippen molar-refractivity contribution >= 4 is 12.4 Å². The molecule has 4 nitrogen and oxygen atoms in total. The molecule has 0 saturated carbocycles. The fourth-order valence-electron chi connectivity index (χ4n) is 1.83. The number of aryl methyl sites for hydroxylation is 2. The minimum atomic E-state index is -0.427. The number of ether oxygens (including phenoxy) is 1. The number of halogens is 2. The van der Waals surface area contributed by atoms with Gasteiger partial charge in [-0.15, -0.1) is 12.4 Å². The second-order valence-electron chi connectivity index (χ2n) is 4.13. The minimum Gasteiger partial charge on any atom is -0.494 e. The van der Waals surface area contributed by atoms with E-state index in [0.717, 1.165) is 11.3 Å². The first kappa shape index (κ1) is 15.5. The van der Waals surface area contributed by atoms with Crippen LogP contribution in [0.15, 0.2) is 18.3 Å². The predicted molar refractivity (Wildman–Crippen MR) is 74.7 cm³/mol. The summed E-state index contributed by atoms with van der Waals surface area (Å²) in [5.41, 5.74) is 8.63. The maximum Gasteiger partial charge on any atom is 0.171 e. The molecule has 0 radical (unpaired) electrons. The van der Waals surface area contributed by atoms with E-state index in [9.17, 15) is 4.39 Å². The molecule has 0 fully saturated rings. The van der Waals surface area contributed by atoms with E-state index >= 15 is 0 Å². The summed E-state index contributed by atoms with van der Waals surface area (Å²) < 4.78 is 20.7. The Balaban J connectivity index is 0.00000180. The van der Waals surface area contributed by atoms with Crippen LogP contribution in [0.5, 0.6) is 5.75 Å². The van der Waals surface area contributed by atoms with Gasteiger partial charge >= 0.3 is 0 Å². The molecule has 6 heteroatoms. The molecule has 0 amide bonds. The van der Waals surface area contributed by atoms with Gasteiger partial charge in [-0.2, -0.15) is 5.10 Å². The Morgan fingerprint density at radius 3 is 2.53 bits per heavy atom.